The number of nitrogens with zero attached hydrogens (tertiary/aromatic N) is 2. The number of aryl methyl sites for hydroxylation is 1. The molecule has 2 fully saturated rings. The Morgan fingerprint density at radius 1 is 1.10 bits per heavy atom. The van der Waals surface area contributed by atoms with Gasteiger partial charge in [-0.1, -0.05) is 24.3 Å². The Morgan fingerprint density at radius 2 is 1.90 bits per heavy atom. The number of hydrogen-bond donors (Lipinski definition) is 2. The molecule has 158 valence electrons. The van der Waals surface area contributed by atoms with Crippen molar-refractivity contribution in [3.05, 3.63) is 59.4 Å². The fraction of sp³-hybridized carbons (Fsp3) is 0.435. The number of aromatic amines is 1. The number of carbonyl (C=O) groups is 3. The Kier molecular flexibility index (Phi) is 5.61. The van der Waals surface area contributed by atoms with Crippen molar-refractivity contribution in [1.82, 2.24) is 20.1 Å². The molecule has 30 heavy (non-hydrogen) atoms. The molecule has 3 atom stereocenters. The van der Waals surface area contributed by atoms with Gasteiger partial charge >= 0.3 is 0 Å². The first-order valence-electron chi connectivity index (χ1n) is 10.5. The highest BCUT2D eigenvalue weighted by Crippen LogP contribution is 2.46. The predicted octanol–water partition coefficient (Wildman–Crippen LogP) is 2.12. The summed E-state index contributed by atoms with van der Waals surface area (Å²) in [5.41, 5.74) is 2.90. The van der Waals surface area contributed by atoms with Crippen LogP contribution < -0.4 is 5.32 Å². The summed E-state index contributed by atoms with van der Waals surface area (Å²) in [4.78, 5) is 43.9. The molecule has 2 aromatic rings. The van der Waals surface area contributed by atoms with Crippen LogP contribution in [0.5, 0.6) is 0 Å². The second-order valence-corrected chi connectivity index (χ2v) is 8.30. The van der Waals surface area contributed by atoms with Crippen LogP contribution in [-0.4, -0.2) is 58.7 Å². The van der Waals surface area contributed by atoms with Crippen LogP contribution in [0.3, 0.4) is 0 Å². The van der Waals surface area contributed by atoms with Crippen molar-refractivity contribution in [3.8, 4) is 0 Å². The molecule has 3 amide bonds. The second-order valence-electron chi connectivity index (χ2n) is 8.30. The van der Waals surface area contributed by atoms with Crippen LogP contribution in [0.4, 0.5) is 0 Å². The van der Waals surface area contributed by atoms with Gasteiger partial charge in [0.05, 0.1) is 6.04 Å². The third-order valence-electron chi connectivity index (χ3n) is 6.33. The summed E-state index contributed by atoms with van der Waals surface area (Å²) in [5.74, 6) is 0.391. The van der Waals surface area contributed by atoms with Crippen molar-refractivity contribution in [1.29, 1.82) is 0 Å². The molecule has 2 saturated heterocycles. The maximum Gasteiger partial charge on any atom is 0.270 e. The van der Waals surface area contributed by atoms with E-state index >= 15 is 0 Å². The van der Waals surface area contributed by atoms with Crippen molar-refractivity contribution in [3.63, 3.8) is 0 Å². The molecule has 2 N–H and O–H groups in total. The highest BCUT2D eigenvalue weighted by Gasteiger charge is 2.50. The van der Waals surface area contributed by atoms with Gasteiger partial charge in [-0.05, 0) is 30.2 Å². The SMILES string of the molecule is CC(=O)NCCC(=O)N1C[C@H]2CN(C(=O)c3ccc[nH]3)[C@H](c3ccccc3C)[C@H]2C1. The molecule has 3 heterocycles. The van der Waals surface area contributed by atoms with E-state index in [2.05, 4.69) is 29.4 Å². The second kappa shape index (κ2) is 8.34. The number of nitrogens with one attached hydrogen (secondary N) is 2. The number of carbonyl (C=O) groups excluding carboxylic acids is 3. The van der Waals surface area contributed by atoms with E-state index in [1.54, 1.807) is 6.20 Å². The molecular formula is C23H28N4O3. The van der Waals surface area contributed by atoms with Gasteiger partial charge in [0, 0.05) is 57.6 Å². The normalized spacial score (nSPS) is 22.8. The van der Waals surface area contributed by atoms with E-state index in [1.165, 1.54) is 6.92 Å². The average molecular weight is 409 g/mol. The fourth-order valence-corrected chi connectivity index (χ4v) is 4.90. The molecule has 0 unspecified atom stereocenters. The third-order valence-corrected chi connectivity index (χ3v) is 6.33. The van der Waals surface area contributed by atoms with E-state index in [-0.39, 0.29) is 35.6 Å². The molecule has 1 aromatic carbocycles. The third kappa shape index (κ3) is 3.84. The Labute approximate surface area is 176 Å². The quantitative estimate of drug-likeness (QED) is 0.795. The number of likely N-dealkylation sites (tertiary alicyclic amines) is 2. The summed E-state index contributed by atoms with van der Waals surface area (Å²) in [6.45, 7) is 5.81. The first-order valence-corrected chi connectivity index (χ1v) is 10.5. The molecule has 2 aliphatic rings. The van der Waals surface area contributed by atoms with Gasteiger partial charge in [-0.15, -0.1) is 0 Å². The maximum absolute atomic E-state index is 13.2. The van der Waals surface area contributed by atoms with Crippen LogP contribution >= 0.6 is 0 Å². The number of hydrogen-bond acceptors (Lipinski definition) is 3. The van der Waals surface area contributed by atoms with Crippen molar-refractivity contribution in [2.24, 2.45) is 11.8 Å². The van der Waals surface area contributed by atoms with Gasteiger partial charge in [-0.3, -0.25) is 14.4 Å². The van der Waals surface area contributed by atoms with Crippen molar-refractivity contribution in [2.75, 3.05) is 26.2 Å². The van der Waals surface area contributed by atoms with Crippen LogP contribution in [0.1, 0.15) is 41.0 Å². The standard InChI is InChI=1S/C23H28N4O3/c1-15-6-3-4-7-18(15)22-19-14-26(21(29)9-11-24-16(2)28)12-17(19)13-27(22)23(30)20-8-5-10-25-20/h3-8,10,17,19,22,25H,9,11-14H2,1-2H3,(H,24,28)/t17-,19-,22+/m0/s1. The van der Waals surface area contributed by atoms with E-state index in [1.807, 2.05) is 34.1 Å². The largest absolute Gasteiger partial charge is 0.357 e. The van der Waals surface area contributed by atoms with Crippen LogP contribution in [0.15, 0.2) is 42.6 Å². The predicted molar refractivity (Wildman–Crippen MR) is 113 cm³/mol. The van der Waals surface area contributed by atoms with E-state index < -0.39 is 0 Å². The maximum atomic E-state index is 13.2. The lowest BCUT2D eigenvalue weighted by atomic mass is 9.87. The molecule has 7 nitrogen and oxygen atoms in total. The summed E-state index contributed by atoms with van der Waals surface area (Å²) < 4.78 is 0. The average Bonchev–Trinajstić information content (AvgIpc) is 3.44. The number of aromatic nitrogens is 1. The lowest BCUT2D eigenvalue weighted by Crippen LogP contribution is -2.38. The molecule has 4 rings (SSSR count). The Morgan fingerprint density at radius 3 is 2.60 bits per heavy atom. The smallest absolute Gasteiger partial charge is 0.270 e. The van der Waals surface area contributed by atoms with Gasteiger partial charge in [0.1, 0.15) is 5.69 Å². The highest BCUT2D eigenvalue weighted by molar-refractivity contribution is 5.93. The van der Waals surface area contributed by atoms with Gasteiger partial charge in [0.2, 0.25) is 11.8 Å². The fourth-order valence-electron chi connectivity index (χ4n) is 4.90. The summed E-state index contributed by atoms with van der Waals surface area (Å²) in [5, 5.41) is 2.69. The lowest BCUT2D eigenvalue weighted by Gasteiger charge is -2.30. The van der Waals surface area contributed by atoms with E-state index in [0.29, 0.717) is 38.3 Å². The Hall–Kier alpha value is -3.09. The Bertz CT molecular complexity index is 940. The van der Waals surface area contributed by atoms with Gasteiger partial charge in [0.25, 0.3) is 5.91 Å². The van der Waals surface area contributed by atoms with E-state index in [4.69, 9.17) is 0 Å². The topological polar surface area (TPSA) is 85.5 Å². The number of fused-ring (bicyclic) bond motifs is 1. The molecule has 0 spiro atoms. The number of amides is 3. The number of rotatable bonds is 5. The zero-order valence-electron chi connectivity index (χ0n) is 17.4. The van der Waals surface area contributed by atoms with Crippen LogP contribution in [0.25, 0.3) is 0 Å². The van der Waals surface area contributed by atoms with Crippen molar-refractivity contribution in [2.45, 2.75) is 26.3 Å². The van der Waals surface area contributed by atoms with E-state index in [9.17, 15) is 14.4 Å². The molecule has 0 bridgehead atoms. The summed E-state index contributed by atoms with van der Waals surface area (Å²) in [7, 11) is 0. The molecule has 0 aliphatic carbocycles. The summed E-state index contributed by atoms with van der Waals surface area (Å²) in [6, 6.07) is 11.8. The van der Waals surface area contributed by atoms with Crippen LogP contribution in [-0.2, 0) is 9.59 Å². The van der Waals surface area contributed by atoms with Gasteiger partial charge in [-0.25, -0.2) is 0 Å². The molecule has 1 aromatic heterocycles. The minimum absolute atomic E-state index is 0.00573. The molecule has 0 radical (unpaired) electrons. The number of H-pyrrole nitrogens is 1. The monoisotopic (exact) mass is 408 g/mol. The van der Waals surface area contributed by atoms with Crippen molar-refractivity contribution >= 4 is 17.7 Å². The van der Waals surface area contributed by atoms with Gasteiger partial charge < -0.3 is 20.1 Å². The molecule has 0 saturated carbocycles. The molecule has 7 heteroatoms. The van der Waals surface area contributed by atoms with Gasteiger partial charge in [-0.2, -0.15) is 0 Å². The molecular weight excluding hydrogens is 380 g/mol. The number of benzene rings is 1. The minimum Gasteiger partial charge on any atom is -0.357 e. The van der Waals surface area contributed by atoms with Crippen molar-refractivity contribution < 1.29 is 14.4 Å². The van der Waals surface area contributed by atoms with E-state index in [0.717, 1.165) is 11.1 Å². The zero-order valence-corrected chi connectivity index (χ0v) is 17.4. The lowest BCUT2D eigenvalue weighted by molar-refractivity contribution is -0.130. The Balaban J connectivity index is 1.55. The first kappa shape index (κ1) is 20.2. The van der Waals surface area contributed by atoms with Crippen LogP contribution in [0, 0.1) is 18.8 Å². The zero-order chi connectivity index (χ0) is 21.3. The minimum atomic E-state index is -0.126. The van der Waals surface area contributed by atoms with Gasteiger partial charge in [0.15, 0.2) is 0 Å². The summed E-state index contributed by atoms with van der Waals surface area (Å²) in [6.07, 6.45) is 2.07. The molecule has 2 aliphatic heterocycles. The first-order chi connectivity index (χ1) is 14.5. The van der Waals surface area contributed by atoms with Crippen LogP contribution in [0.2, 0.25) is 0 Å². The summed E-state index contributed by atoms with van der Waals surface area (Å²) >= 11 is 0. The highest BCUT2D eigenvalue weighted by atomic mass is 16.2.